The molecule has 0 amide bonds. The number of benzene rings is 1. The molecule has 3 heteroatoms. The van der Waals surface area contributed by atoms with E-state index >= 15 is 0 Å². The van der Waals surface area contributed by atoms with Gasteiger partial charge < -0.3 is 10.1 Å². The maximum absolute atomic E-state index is 12.9. The topological polar surface area (TPSA) is 21.3 Å². The summed E-state index contributed by atoms with van der Waals surface area (Å²) in [5, 5.41) is 3.57. The number of ether oxygens (including phenoxy) is 1. The number of hydrogen-bond acceptors (Lipinski definition) is 2. The van der Waals surface area contributed by atoms with E-state index in [0.29, 0.717) is 12.0 Å². The molecular formula is C16H24FNO. The van der Waals surface area contributed by atoms with Crippen molar-refractivity contribution < 1.29 is 9.13 Å². The molecule has 0 aromatic heterocycles. The van der Waals surface area contributed by atoms with Gasteiger partial charge in [-0.25, -0.2) is 4.39 Å². The first-order valence-electron chi connectivity index (χ1n) is 7.34. The van der Waals surface area contributed by atoms with Crippen LogP contribution in [0.1, 0.15) is 39.5 Å². The lowest BCUT2D eigenvalue weighted by Gasteiger charge is -2.35. The van der Waals surface area contributed by atoms with Gasteiger partial charge in [0.2, 0.25) is 0 Å². The highest BCUT2D eigenvalue weighted by atomic mass is 19.1. The molecule has 1 aliphatic carbocycles. The highest BCUT2D eigenvalue weighted by molar-refractivity contribution is 5.22. The van der Waals surface area contributed by atoms with Gasteiger partial charge in [-0.05, 0) is 62.4 Å². The second-order valence-electron chi connectivity index (χ2n) is 5.59. The Morgan fingerprint density at radius 2 is 2.00 bits per heavy atom. The van der Waals surface area contributed by atoms with Gasteiger partial charge in [0.15, 0.2) is 0 Å². The molecule has 3 unspecified atom stereocenters. The molecule has 106 valence electrons. The summed E-state index contributed by atoms with van der Waals surface area (Å²) in [5.74, 6) is 1.25. The van der Waals surface area contributed by atoms with E-state index in [-0.39, 0.29) is 11.9 Å². The molecule has 0 bridgehead atoms. The van der Waals surface area contributed by atoms with Gasteiger partial charge in [-0.3, -0.25) is 0 Å². The lowest BCUT2D eigenvalue weighted by atomic mass is 9.85. The van der Waals surface area contributed by atoms with Crippen LogP contribution in [0.3, 0.4) is 0 Å². The van der Waals surface area contributed by atoms with Gasteiger partial charge in [0.05, 0.1) is 0 Å². The molecule has 1 N–H and O–H groups in total. The van der Waals surface area contributed by atoms with Crippen LogP contribution in [-0.2, 0) is 0 Å². The van der Waals surface area contributed by atoms with Crippen molar-refractivity contribution in [2.45, 2.75) is 51.7 Å². The molecule has 1 fully saturated rings. The Morgan fingerprint density at radius 1 is 1.26 bits per heavy atom. The van der Waals surface area contributed by atoms with Crippen LogP contribution < -0.4 is 10.1 Å². The largest absolute Gasteiger partial charge is 0.489 e. The van der Waals surface area contributed by atoms with E-state index in [1.807, 2.05) is 0 Å². The Labute approximate surface area is 115 Å². The molecule has 0 spiro atoms. The summed E-state index contributed by atoms with van der Waals surface area (Å²) < 4.78 is 19.0. The van der Waals surface area contributed by atoms with Crippen molar-refractivity contribution >= 4 is 0 Å². The zero-order chi connectivity index (χ0) is 13.7. The molecule has 1 saturated carbocycles. The van der Waals surface area contributed by atoms with Crippen LogP contribution in [0.4, 0.5) is 4.39 Å². The van der Waals surface area contributed by atoms with E-state index in [1.165, 1.54) is 18.6 Å². The number of rotatable bonds is 5. The predicted molar refractivity (Wildman–Crippen MR) is 75.9 cm³/mol. The molecule has 19 heavy (non-hydrogen) atoms. The average Bonchev–Trinajstić information content (AvgIpc) is 2.40. The highest BCUT2D eigenvalue weighted by Crippen LogP contribution is 2.28. The Kier molecular flexibility index (Phi) is 5.20. The van der Waals surface area contributed by atoms with Crippen LogP contribution >= 0.6 is 0 Å². The van der Waals surface area contributed by atoms with E-state index in [4.69, 9.17) is 4.74 Å². The van der Waals surface area contributed by atoms with Crippen molar-refractivity contribution in [2.24, 2.45) is 5.92 Å². The third-order valence-electron chi connectivity index (χ3n) is 3.81. The lowest BCUT2D eigenvalue weighted by Crippen LogP contribution is -2.47. The van der Waals surface area contributed by atoms with Gasteiger partial charge in [-0.15, -0.1) is 0 Å². The van der Waals surface area contributed by atoms with Gasteiger partial charge in [0, 0.05) is 6.04 Å². The monoisotopic (exact) mass is 265 g/mol. The third-order valence-corrected chi connectivity index (χ3v) is 3.81. The molecule has 1 aromatic carbocycles. The lowest BCUT2D eigenvalue weighted by molar-refractivity contribution is 0.0908. The fourth-order valence-corrected chi connectivity index (χ4v) is 2.71. The average molecular weight is 265 g/mol. The van der Waals surface area contributed by atoms with E-state index < -0.39 is 0 Å². The zero-order valence-corrected chi connectivity index (χ0v) is 11.9. The predicted octanol–water partition coefficient (Wildman–Crippen LogP) is 3.76. The van der Waals surface area contributed by atoms with Crippen LogP contribution in [0.25, 0.3) is 0 Å². The summed E-state index contributed by atoms with van der Waals surface area (Å²) >= 11 is 0. The van der Waals surface area contributed by atoms with Gasteiger partial charge in [-0.1, -0.05) is 13.8 Å². The summed E-state index contributed by atoms with van der Waals surface area (Å²) in [6.45, 7) is 5.48. The highest BCUT2D eigenvalue weighted by Gasteiger charge is 2.29. The molecule has 0 heterocycles. The minimum Gasteiger partial charge on any atom is -0.489 e. The molecule has 0 aliphatic heterocycles. The second kappa shape index (κ2) is 6.90. The van der Waals surface area contributed by atoms with E-state index in [2.05, 4.69) is 19.2 Å². The summed E-state index contributed by atoms with van der Waals surface area (Å²) in [6.07, 6.45) is 4.81. The van der Waals surface area contributed by atoms with Crippen LogP contribution in [-0.4, -0.2) is 18.7 Å². The van der Waals surface area contributed by atoms with E-state index in [0.717, 1.165) is 31.6 Å². The van der Waals surface area contributed by atoms with Crippen LogP contribution in [0, 0.1) is 11.7 Å². The first kappa shape index (κ1) is 14.3. The van der Waals surface area contributed by atoms with Crippen molar-refractivity contribution in [1.29, 1.82) is 0 Å². The molecule has 2 nitrogen and oxygen atoms in total. The van der Waals surface area contributed by atoms with E-state index in [1.54, 1.807) is 12.1 Å². The quantitative estimate of drug-likeness (QED) is 0.875. The van der Waals surface area contributed by atoms with Crippen LogP contribution in [0.2, 0.25) is 0 Å². The Bertz CT molecular complexity index is 377. The Morgan fingerprint density at radius 3 is 2.68 bits per heavy atom. The molecule has 0 saturated heterocycles. The smallest absolute Gasteiger partial charge is 0.123 e. The summed E-state index contributed by atoms with van der Waals surface area (Å²) in [5.41, 5.74) is 0. The summed E-state index contributed by atoms with van der Waals surface area (Å²) in [6, 6.07) is 6.75. The van der Waals surface area contributed by atoms with Gasteiger partial charge in [0.1, 0.15) is 17.7 Å². The second-order valence-corrected chi connectivity index (χ2v) is 5.59. The fourth-order valence-electron chi connectivity index (χ4n) is 2.71. The standard InChI is InChI=1S/C16H24FNO/c1-3-10-18-15-9-4-12(2)11-16(15)19-14-7-5-13(17)6-8-14/h5-8,12,15-16,18H,3-4,9-11H2,1-2H3. The number of hydrogen-bond donors (Lipinski definition) is 1. The molecular weight excluding hydrogens is 241 g/mol. The fraction of sp³-hybridized carbons (Fsp3) is 0.625. The summed E-state index contributed by atoms with van der Waals surface area (Å²) in [7, 11) is 0. The normalized spacial score (nSPS) is 27.2. The molecule has 1 aliphatic rings. The number of halogens is 1. The zero-order valence-electron chi connectivity index (χ0n) is 11.9. The van der Waals surface area contributed by atoms with Crippen molar-refractivity contribution in [2.75, 3.05) is 6.54 Å². The van der Waals surface area contributed by atoms with Gasteiger partial charge >= 0.3 is 0 Å². The van der Waals surface area contributed by atoms with Crippen LogP contribution in [0.15, 0.2) is 24.3 Å². The minimum atomic E-state index is -0.218. The Balaban J connectivity index is 1.98. The number of nitrogens with one attached hydrogen (secondary N) is 1. The third kappa shape index (κ3) is 4.20. The van der Waals surface area contributed by atoms with Crippen molar-refractivity contribution in [1.82, 2.24) is 5.32 Å². The molecule has 2 rings (SSSR count). The van der Waals surface area contributed by atoms with Crippen molar-refractivity contribution in [3.8, 4) is 5.75 Å². The van der Waals surface area contributed by atoms with Crippen molar-refractivity contribution in [3.63, 3.8) is 0 Å². The maximum atomic E-state index is 12.9. The Hall–Kier alpha value is -1.09. The first-order chi connectivity index (χ1) is 9.19. The summed E-state index contributed by atoms with van der Waals surface area (Å²) in [4.78, 5) is 0. The SMILES string of the molecule is CCCNC1CCC(C)CC1Oc1ccc(F)cc1. The van der Waals surface area contributed by atoms with E-state index in [9.17, 15) is 4.39 Å². The van der Waals surface area contributed by atoms with Gasteiger partial charge in [0.25, 0.3) is 0 Å². The first-order valence-corrected chi connectivity index (χ1v) is 7.34. The molecule has 1 aromatic rings. The van der Waals surface area contributed by atoms with Crippen molar-refractivity contribution in [3.05, 3.63) is 30.1 Å². The maximum Gasteiger partial charge on any atom is 0.123 e. The minimum absolute atomic E-state index is 0.195. The molecule has 0 radical (unpaired) electrons. The molecule has 3 atom stereocenters. The van der Waals surface area contributed by atoms with Crippen LogP contribution in [0.5, 0.6) is 5.75 Å². The van der Waals surface area contributed by atoms with Gasteiger partial charge in [-0.2, -0.15) is 0 Å².